The minimum absolute atomic E-state index is 0.170. The number of anilines is 1. The van der Waals surface area contributed by atoms with Gasteiger partial charge in [-0.3, -0.25) is 0 Å². The summed E-state index contributed by atoms with van der Waals surface area (Å²) in [4.78, 5) is 12.1. The van der Waals surface area contributed by atoms with Gasteiger partial charge in [0.25, 0.3) is 0 Å². The average molecular weight is 259 g/mol. The molecule has 0 saturated heterocycles. The van der Waals surface area contributed by atoms with Crippen molar-refractivity contribution in [3.05, 3.63) is 35.9 Å². The van der Waals surface area contributed by atoms with Crippen molar-refractivity contribution in [2.24, 2.45) is 0 Å². The molecule has 1 rings (SSSR count). The van der Waals surface area contributed by atoms with Gasteiger partial charge in [0.1, 0.15) is 0 Å². The van der Waals surface area contributed by atoms with E-state index in [1.54, 1.807) is 25.1 Å². The highest BCUT2D eigenvalue weighted by molar-refractivity contribution is 5.91. The lowest BCUT2D eigenvalue weighted by atomic mass is 10.0. The molecule has 0 heterocycles. The maximum Gasteiger partial charge on any atom is 0.417 e. The van der Waals surface area contributed by atoms with Gasteiger partial charge in [-0.25, -0.2) is 4.79 Å². The molecule has 0 radical (unpaired) electrons. The summed E-state index contributed by atoms with van der Waals surface area (Å²) in [6, 6.07) is 5.61. The molecule has 0 bridgehead atoms. The van der Waals surface area contributed by atoms with E-state index in [9.17, 15) is 18.0 Å². The van der Waals surface area contributed by atoms with Crippen LogP contribution in [0.25, 0.3) is 5.57 Å². The van der Waals surface area contributed by atoms with Crippen LogP contribution in [0.4, 0.5) is 18.9 Å². The van der Waals surface area contributed by atoms with E-state index in [0.29, 0.717) is 5.69 Å². The maximum atomic E-state index is 12.8. The first-order chi connectivity index (χ1) is 8.21. The van der Waals surface area contributed by atoms with Gasteiger partial charge >= 0.3 is 12.1 Å². The van der Waals surface area contributed by atoms with Gasteiger partial charge in [-0.05, 0) is 17.7 Å². The second-order valence-electron chi connectivity index (χ2n) is 3.84. The molecule has 18 heavy (non-hydrogen) atoms. The van der Waals surface area contributed by atoms with Crippen molar-refractivity contribution in [2.75, 3.05) is 19.0 Å². The van der Waals surface area contributed by atoms with Gasteiger partial charge < -0.3 is 10.0 Å². The van der Waals surface area contributed by atoms with Crippen LogP contribution in [-0.4, -0.2) is 31.3 Å². The number of carboxylic acid groups (broad SMARTS) is 1. The molecule has 0 spiro atoms. The zero-order valence-corrected chi connectivity index (χ0v) is 9.82. The number of allylic oxidation sites excluding steroid dienone is 1. The normalized spacial score (nSPS) is 12.4. The molecule has 0 aromatic heterocycles. The zero-order valence-electron chi connectivity index (χ0n) is 9.82. The summed E-state index contributed by atoms with van der Waals surface area (Å²) in [5.41, 5.74) is -0.775. The molecule has 0 atom stereocenters. The molecule has 98 valence electrons. The molecule has 0 aliphatic carbocycles. The molecule has 0 saturated carbocycles. The van der Waals surface area contributed by atoms with Crippen molar-refractivity contribution < 1.29 is 23.1 Å². The molecular formula is C12H12F3NO2. The Morgan fingerprint density at radius 1 is 1.33 bits per heavy atom. The first-order valence-corrected chi connectivity index (χ1v) is 5.01. The second-order valence-corrected chi connectivity index (χ2v) is 3.84. The number of rotatable bonds is 3. The fraction of sp³-hybridized carbons (Fsp3) is 0.250. The van der Waals surface area contributed by atoms with E-state index in [0.717, 1.165) is 0 Å². The van der Waals surface area contributed by atoms with E-state index in [2.05, 4.69) is 0 Å². The molecule has 3 nitrogen and oxygen atoms in total. The van der Waals surface area contributed by atoms with Gasteiger partial charge in [0.05, 0.1) is 5.57 Å². The summed E-state index contributed by atoms with van der Waals surface area (Å²) in [6.45, 7) is 0. The third-order valence-electron chi connectivity index (χ3n) is 2.25. The highest BCUT2D eigenvalue weighted by Crippen LogP contribution is 2.34. The lowest BCUT2D eigenvalue weighted by molar-refractivity contribution is -0.131. The molecular weight excluding hydrogens is 247 g/mol. The second kappa shape index (κ2) is 5.12. The Morgan fingerprint density at radius 2 is 1.94 bits per heavy atom. The first-order valence-electron chi connectivity index (χ1n) is 5.01. The predicted octanol–water partition coefficient (Wildman–Crippen LogP) is 2.78. The largest absolute Gasteiger partial charge is 0.478 e. The number of hydrogen-bond donors (Lipinski definition) is 1. The predicted molar refractivity (Wildman–Crippen MR) is 62.4 cm³/mol. The van der Waals surface area contributed by atoms with Crippen LogP contribution >= 0.6 is 0 Å². The smallest absolute Gasteiger partial charge is 0.417 e. The number of aliphatic carboxylic acids is 1. The molecule has 1 aromatic rings. The molecule has 6 heteroatoms. The molecule has 0 fully saturated rings. The minimum atomic E-state index is -4.71. The van der Waals surface area contributed by atoms with Crippen molar-refractivity contribution in [1.29, 1.82) is 0 Å². The van der Waals surface area contributed by atoms with E-state index in [4.69, 9.17) is 5.11 Å². The Balaban J connectivity index is 3.31. The number of carboxylic acids is 1. The number of carbonyl (C=O) groups is 1. The van der Waals surface area contributed by atoms with E-state index in [1.807, 2.05) is 0 Å². The van der Waals surface area contributed by atoms with Gasteiger partial charge in [0, 0.05) is 25.9 Å². The first kappa shape index (κ1) is 14.1. The number of halogens is 3. The Morgan fingerprint density at radius 3 is 2.39 bits per heavy atom. The van der Waals surface area contributed by atoms with Gasteiger partial charge in [-0.1, -0.05) is 12.1 Å². The average Bonchev–Trinajstić information content (AvgIpc) is 2.24. The van der Waals surface area contributed by atoms with Gasteiger partial charge in [0.2, 0.25) is 0 Å². The Hall–Kier alpha value is -1.98. The molecule has 1 N–H and O–H groups in total. The minimum Gasteiger partial charge on any atom is -0.478 e. The van der Waals surface area contributed by atoms with Crippen molar-refractivity contribution in [2.45, 2.75) is 6.18 Å². The third-order valence-corrected chi connectivity index (χ3v) is 2.25. The summed E-state index contributed by atoms with van der Waals surface area (Å²) < 4.78 is 38.3. The Labute approximate surface area is 102 Å². The summed E-state index contributed by atoms with van der Waals surface area (Å²) in [5, 5.41) is 8.50. The summed E-state index contributed by atoms with van der Waals surface area (Å²) in [7, 11) is 3.38. The molecule has 1 aromatic carbocycles. The monoisotopic (exact) mass is 259 g/mol. The van der Waals surface area contributed by atoms with Gasteiger partial charge in [-0.15, -0.1) is 0 Å². The quantitative estimate of drug-likeness (QED) is 0.848. The van der Waals surface area contributed by atoms with Crippen LogP contribution in [0, 0.1) is 0 Å². The number of nitrogens with zero attached hydrogens (tertiary/aromatic N) is 1. The van der Waals surface area contributed by atoms with Crippen LogP contribution in [0.3, 0.4) is 0 Å². The fourth-order valence-electron chi connectivity index (χ4n) is 1.40. The zero-order chi connectivity index (χ0) is 13.9. The van der Waals surface area contributed by atoms with Crippen molar-refractivity contribution >= 4 is 17.2 Å². The molecule has 0 aliphatic rings. The number of hydrogen-bond acceptors (Lipinski definition) is 2. The number of alkyl halides is 3. The van der Waals surface area contributed by atoms with E-state index >= 15 is 0 Å². The topological polar surface area (TPSA) is 40.5 Å². The Kier molecular flexibility index (Phi) is 4.00. The SMILES string of the molecule is CN(C)c1cccc(/C(=C\C(=O)O)C(F)(F)F)c1. The number of benzene rings is 1. The maximum absolute atomic E-state index is 12.8. The highest BCUT2D eigenvalue weighted by atomic mass is 19.4. The lowest BCUT2D eigenvalue weighted by Gasteiger charge is -2.16. The summed E-state index contributed by atoms with van der Waals surface area (Å²) in [6.07, 6.45) is -4.53. The summed E-state index contributed by atoms with van der Waals surface area (Å²) >= 11 is 0. The molecule has 0 aliphatic heterocycles. The van der Waals surface area contributed by atoms with Crippen LogP contribution in [0.1, 0.15) is 5.56 Å². The van der Waals surface area contributed by atoms with Gasteiger partial charge in [0.15, 0.2) is 0 Å². The molecule has 0 unspecified atom stereocenters. The lowest BCUT2D eigenvalue weighted by Crippen LogP contribution is -2.14. The van der Waals surface area contributed by atoms with Crippen LogP contribution in [0.5, 0.6) is 0 Å². The van der Waals surface area contributed by atoms with Gasteiger partial charge in [-0.2, -0.15) is 13.2 Å². The van der Waals surface area contributed by atoms with Crippen molar-refractivity contribution in [3.8, 4) is 0 Å². The van der Waals surface area contributed by atoms with Crippen LogP contribution in [-0.2, 0) is 4.79 Å². The van der Waals surface area contributed by atoms with Crippen LogP contribution in [0.15, 0.2) is 30.3 Å². The standard InChI is InChI=1S/C12H12F3NO2/c1-16(2)9-5-3-4-8(6-9)10(7-11(17)18)12(13,14)15/h3-7H,1-2H3,(H,17,18)/b10-7+. The highest BCUT2D eigenvalue weighted by Gasteiger charge is 2.35. The van der Waals surface area contributed by atoms with Crippen molar-refractivity contribution in [3.63, 3.8) is 0 Å². The van der Waals surface area contributed by atoms with E-state index < -0.39 is 17.7 Å². The van der Waals surface area contributed by atoms with Crippen LogP contribution in [0.2, 0.25) is 0 Å². The Bertz CT molecular complexity index is 478. The van der Waals surface area contributed by atoms with Crippen LogP contribution < -0.4 is 4.90 Å². The van der Waals surface area contributed by atoms with Crippen molar-refractivity contribution in [1.82, 2.24) is 0 Å². The third kappa shape index (κ3) is 3.51. The van der Waals surface area contributed by atoms with E-state index in [1.165, 1.54) is 18.2 Å². The fourth-order valence-corrected chi connectivity index (χ4v) is 1.40. The summed E-state index contributed by atoms with van der Waals surface area (Å²) in [5.74, 6) is -1.63. The molecule has 0 amide bonds. The van der Waals surface area contributed by atoms with E-state index in [-0.39, 0.29) is 11.6 Å².